The van der Waals surface area contributed by atoms with Gasteiger partial charge < -0.3 is 10.4 Å². The lowest BCUT2D eigenvalue weighted by atomic mass is 10.0. The number of rotatable bonds is 6. The van der Waals surface area contributed by atoms with Gasteiger partial charge in [0.05, 0.1) is 0 Å². The van der Waals surface area contributed by atoms with Crippen LogP contribution in [-0.4, -0.2) is 24.3 Å². The van der Waals surface area contributed by atoms with Crippen molar-refractivity contribution >= 4 is 11.6 Å². The lowest BCUT2D eigenvalue weighted by molar-refractivity contribution is 0.248. The van der Waals surface area contributed by atoms with E-state index in [0.717, 1.165) is 37.3 Å². The van der Waals surface area contributed by atoms with Crippen molar-refractivity contribution < 1.29 is 5.11 Å². The van der Waals surface area contributed by atoms with Crippen LogP contribution in [0.1, 0.15) is 30.9 Å². The van der Waals surface area contributed by atoms with Crippen molar-refractivity contribution in [3.8, 4) is 0 Å². The minimum Gasteiger partial charge on any atom is -0.396 e. The standard InChI is InChI=1S/C15H22ClNO/c1-2-11(5-6-18)10-17-15-8-12-3-4-14(16)7-13(12)9-15/h3-4,7,11,15,17-18H,2,5-6,8-10H2,1H3. The Morgan fingerprint density at radius 1 is 1.39 bits per heavy atom. The molecule has 0 amide bonds. The Hall–Kier alpha value is -0.570. The van der Waals surface area contributed by atoms with Crippen LogP contribution in [0.5, 0.6) is 0 Å². The molecule has 1 aliphatic rings. The second-order valence-corrected chi connectivity index (χ2v) is 5.65. The molecule has 0 spiro atoms. The van der Waals surface area contributed by atoms with E-state index in [1.54, 1.807) is 0 Å². The summed E-state index contributed by atoms with van der Waals surface area (Å²) in [5.41, 5.74) is 2.81. The fraction of sp³-hybridized carbons (Fsp3) is 0.600. The number of fused-ring (bicyclic) bond motifs is 1. The minimum atomic E-state index is 0.292. The Morgan fingerprint density at radius 2 is 2.17 bits per heavy atom. The third-order valence-corrected chi connectivity index (χ3v) is 4.15. The maximum absolute atomic E-state index is 8.99. The molecule has 100 valence electrons. The number of hydrogen-bond acceptors (Lipinski definition) is 2. The summed E-state index contributed by atoms with van der Waals surface area (Å²) in [6.07, 6.45) is 4.20. The molecule has 2 unspecified atom stereocenters. The van der Waals surface area contributed by atoms with Gasteiger partial charge in [-0.1, -0.05) is 31.0 Å². The summed E-state index contributed by atoms with van der Waals surface area (Å²) in [4.78, 5) is 0. The van der Waals surface area contributed by atoms with Gasteiger partial charge in [-0.05, 0) is 55.0 Å². The number of hydrogen-bond donors (Lipinski definition) is 2. The first-order valence-corrected chi connectivity index (χ1v) is 7.22. The van der Waals surface area contributed by atoms with Gasteiger partial charge in [0.2, 0.25) is 0 Å². The highest BCUT2D eigenvalue weighted by molar-refractivity contribution is 6.30. The summed E-state index contributed by atoms with van der Waals surface area (Å²) < 4.78 is 0. The van der Waals surface area contributed by atoms with Crippen LogP contribution in [-0.2, 0) is 12.8 Å². The topological polar surface area (TPSA) is 32.3 Å². The molecule has 3 heteroatoms. The third kappa shape index (κ3) is 3.47. The summed E-state index contributed by atoms with van der Waals surface area (Å²) in [5, 5.41) is 13.5. The van der Waals surface area contributed by atoms with Gasteiger partial charge in [-0.2, -0.15) is 0 Å². The predicted octanol–water partition coefficient (Wildman–Crippen LogP) is 2.81. The maximum atomic E-state index is 8.99. The van der Waals surface area contributed by atoms with E-state index in [1.165, 1.54) is 11.1 Å². The molecule has 1 aromatic rings. The first-order chi connectivity index (χ1) is 8.72. The second kappa shape index (κ2) is 6.55. The molecule has 2 rings (SSSR count). The van der Waals surface area contributed by atoms with Crippen molar-refractivity contribution in [1.29, 1.82) is 0 Å². The molecule has 0 fully saturated rings. The molecule has 1 aromatic carbocycles. The molecule has 0 saturated carbocycles. The monoisotopic (exact) mass is 267 g/mol. The molecule has 18 heavy (non-hydrogen) atoms. The predicted molar refractivity (Wildman–Crippen MR) is 76.1 cm³/mol. The third-order valence-electron chi connectivity index (χ3n) is 3.91. The van der Waals surface area contributed by atoms with E-state index >= 15 is 0 Å². The van der Waals surface area contributed by atoms with Gasteiger partial charge in [-0.15, -0.1) is 0 Å². The van der Waals surface area contributed by atoms with Crippen LogP contribution in [0.15, 0.2) is 18.2 Å². The zero-order valence-electron chi connectivity index (χ0n) is 11.0. The number of aliphatic hydroxyl groups excluding tert-OH is 1. The van der Waals surface area contributed by atoms with Crippen LogP contribution in [0, 0.1) is 5.92 Å². The molecule has 1 aliphatic carbocycles. The Kier molecular flexibility index (Phi) is 5.04. The molecular weight excluding hydrogens is 246 g/mol. The molecule has 2 N–H and O–H groups in total. The van der Waals surface area contributed by atoms with E-state index in [2.05, 4.69) is 24.4 Å². The number of nitrogens with one attached hydrogen (secondary N) is 1. The molecule has 2 atom stereocenters. The first kappa shape index (κ1) is 13.9. The first-order valence-electron chi connectivity index (χ1n) is 6.84. The summed E-state index contributed by atoms with van der Waals surface area (Å²) in [7, 11) is 0. The number of halogens is 1. The Balaban J connectivity index is 1.84. The highest BCUT2D eigenvalue weighted by Crippen LogP contribution is 2.25. The average molecular weight is 268 g/mol. The number of benzene rings is 1. The van der Waals surface area contributed by atoms with Crippen LogP contribution in [0.25, 0.3) is 0 Å². The summed E-state index contributed by atoms with van der Waals surface area (Å²) in [6, 6.07) is 6.74. The fourth-order valence-electron chi connectivity index (χ4n) is 2.70. The highest BCUT2D eigenvalue weighted by atomic mass is 35.5. The molecule has 0 aliphatic heterocycles. The maximum Gasteiger partial charge on any atom is 0.0434 e. The van der Waals surface area contributed by atoms with Crippen LogP contribution in [0.4, 0.5) is 0 Å². The quantitative estimate of drug-likeness (QED) is 0.831. The normalized spacial score (nSPS) is 19.8. The Labute approximate surface area is 114 Å². The van der Waals surface area contributed by atoms with Gasteiger partial charge in [-0.3, -0.25) is 0 Å². The number of aliphatic hydroxyl groups is 1. The van der Waals surface area contributed by atoms with E-state index in [0.29, 0.717) is 18.6 Å². The fourth-order valence-corrected chi connectivity index (χ4v) is 2.89. The summed E-state index contributed by atoms with van der Waals surface area (Å²) in [5.74, 6) is 0.585. The largest absolute Gasteiger partial charge is 0.396 e. The van der Waals surface area contributed by atoms with Crippen molar-refractivity contribution in [3.05, 3.63) is 34.3 Å². The average Bonchev–Trinajstić information content (AvgIpc) is 2.76. The van der Waals surface area contributed by atoms with Crippen LogP contribution >= 0.6 is 11.6 Å². The van der Waals surface area contributed by atoms with Crippen LogP contribution < -0.4 is 5.32 Å². The van der Waals surface area contributed by atoms with Gasteiger partial charge in [0.25, 0.3) is 0 Å². The van der Waals surface area contributed by atoms with Crippen LogP contribution in [0.2, 0.25) is 5.02 Å². The van der Waals surface area contributed by atoms with Crippen molar-refractivity contribution in [2.24, 2.45) is 5.92 Å². The van der Waals surface area contributed by atoms with E-state index in [9.17, 15) is 0 Å². The van der Waals surface area contributed by atoms with E-state index < -0.39 is 0 Å². The molecule has 0 heterocycles. The molecule has 0 bridgehead atoms. The molecule has 0 radical (unpaired) electrons. The molecule has 0 saturated heterocycles. The van der Waals surface area contributed by atoms with Gasteiger partial charge >= 0.3 is 0 Å². The van der Waals surface area contributed by atoms with Crippen LogP contribution in [0.3, 0.4) is 0 Å². The zero-order chi connectivity index (χ0) is 13.0. The van der Waals surface area contributed by atoms with E-state index in [-0.39, 0.29) is 0 Å². The van der Waals surface area contributed by atoms with Crippen molar-refractivity contribution in [1.82, 2.24) is 5.32 Å². The smallest absolute Gasteiger partial charge is 0.0434 e. The van der Waals surface area contributed by atoms with Gasteiger partial charge in [0.15, 0.2) is 0 Å². The Bertz CT molecular complexity index is 394. The summed E-state index contributed by atoms with van der Waals surface area (Å²) in [6.45, 7) is 3.48. The van der Waals surface area contributed by atoms with Gasteiger partial charge in [0.1, 0.15) is 0 Å². The lowest BCUT2D eigenvalue weighted by Crippen LogP contribution is -2.34. The minimum absolute atomic E-state index is 0.292. The zero-order valence-corrected chi connectivity index (χ0v) is 11.7. The van der Waals surface area contributed by atoms with Crippen molar-refractivity contribution in [2.75, 3.05) is 13.2 Å². The SMILES string of the molecule is CCC(CCO)CNC1Cc2ccc(Cl)cc2C1. The van der Waals surface area contributed by atoms with Gasteiger partial charge in [-0.25, -0.2) is 0 Å². The van der Waals surface area contributed by atoms with Gasteiger partial charge in [0, 0.05) is 17.7 Å². The molecular formula is C15H22ClNO. The van der Waals surface area contributed by atoms with E-state index in [1.807, 2.05) is 6.07 Å². The summed E-state index contributed by atoms with van der Waals surface area (Å²) >= 11 is 6.01. The highest BCUT2D eigenvalue weighted by Gasteiger charge is 2.21. The lowest BCUT2D eigenvalue weighted by Gasteiger charge is -2.18. The molecule has 0 aromatic heterocycles. The van der Waals surface area contributed by atoms with Crippen molar-refractivity contribution in [3.63, 3.8) is 0 Å². The second-order valence-electron chi connectivity index (χ2n) is 5.21. The molecule has 2 nitrogen and oxygen atoms in total. The van der Waals surface area contributed by atoms with Crippen molar-refractivity contribution in [2.45, 2.75) is 38.6 Å². The van der Waals surface area contributed by atoms with E-state index in [4.69, 9.17) is 16.7 Å². The Morgan fingerprint density at radius 3 is 2.89 bits per heavy atom.